The van der Waals surface area contributed by atoms with Gasteiger partial charge in [0.05, 0.1) is 19.8 Å². The van der Waals surface area contributed by atoms with Gasteiger partial charge in [0, 0.05) is 51.1 Å². The zero-order valence-electron chi connectivity index (χ0n) is 21.9. The zero-order chi connectivity index (χ0) is 25.9. The van der Waals surface area contributed by atoms with E-state index in [0.29, 0.717) is 56.8 Å². The number of methoxy groups -OCH3 is 1. The van der Waals surface area contributed by atoms with Crippen LogP contribution >= 0.6 is 0 Å². The first-order chi connectivity index (χ1) is 17.1. The van der Waals surface area contributed by atoms with E-state index >= 15 is 0 Å². The Morgan fingerprint density at radius 3 is 2.42 bits per heavy atom. The fourth-order valence-electron chi connectivity index (χ4n) is 5.25. The van der Waals surface area contributed by atoms with E-state index in [2.05, 4.69) is 5.32 Å². The summed E-state index contributed by atoms with van der Waals surface area (Å²) in [6.45, 7) is 8.35. The van der Waals surface area contributed by atoms with Gasteiger partial charge in [-0.2, -0.15) is 0 Å². The topological polar surface area (TPSA) is 97.4 Å². The van der Waals surface area contributed by atoms with Gasteiger partial charge < -0.3 is 24.4 Å². The molecule has 0 saturated carbocycles. The number of ether oxygens (including phenoxy) is 3. The van der Waals surface area contributed by atoms with Crippen molar-refractivity contribution >= 4 is 17.7 Å². The number of hydrogen-bond donors (Lipinski definition) is 1. The number of nitrogens with one attached hydrogen (secondary N) is 1. The molecule has 3 amide bonds. The first-order valence-electron chi connectivity index (χ1n) is 12.9. The molecule has 0 unspecified atom stereocenters. The van der Waals surface area contributed by atoms with Gasteiger partial charge in [0.25, 0.3) is 5.91 Å². The number of piperidine rings is 1. The zero-order valence-corrected chi connectivity index (χ0v) is 21.9. The van der Waals surface area contributed by atoms with Crippen molar-refractivity contribution in [2.24, 2.45) is 5.41 Å². The van der Waals surface area contributed by atoms with E-state index in [1.54, 1.807) is 36.3 Å². The predicted molar refractivity (Wildman–Crippen MR) is 134 cm³/mol. The van der Waals surface area contributed by atoms with Crippen LogP contribution in [-0.2, 0) is 19.1 Å². The van der Waals surface area contributed by atoms with Crippen molar-refractivity contribution in [1.29, 1.82) is 0 Å². The Balaban J connectivity index is 1.52. The second-order valence-electron chi connectivity index (χ2n) is 11.2. The summed E-state index contributed by atoms with van der Waals surface area (Å²) in [6, 6.07) is 6.12. The lowest BCUT2D eigenvalue weighted by Gasteiger charge is -2.45. The molecule has 0 aromatic heterocycles. The van der Waals surface area contributed by atoms with Crippen molar-refractivity contribution in [3.63, 3.8) is 0 Å². The van der Waals surface area contributed by atoms with E-state index in [0.717, 1.165) is 12.8 Å². The molecule has 3 saturated heterocycles. The largest absolute Gasteiger partial charge is 0.497 e. The highest BCUT2D eigenvalue weighted by molar-refractivity contribution is 5.98. The molecule has 0 aliphatic carbocycles. The second kappa shape index (κ2) is 10.8. The highest BCUT2D eigenvalue weighted by Crippen LogP contribution is 2.39. The summed E-state index contributed by atoms with van der Waals surface area (Å²) in [7, 11) is 1.57. The molecule has 3 aliphatic heterocycles. The van der Waals surface area contributed by atoms with Crippen molar-refractivity contribution in [2.75, 3.05) is 40.0 Å². The maximum absolute atomic E-state index is 13.8. The van der Waals surface area contributed by atoms with E-state index in [1.165, 1.54) is 0 Å². The molecule has 36 heavy (non-hydrogen) atoms. The van der Waals surface area contributed by atoms with Crippen LogP contribution in [0.25, 0.3) is 0 Å². The maximum Gasteiger partial charge on any atom is 0.256 e. The molecule has 2 atom stereocenters. The van der Waals surface area contributed by atoms with Crippen LogP contribution in [0, 0.1) is 5.41 Å². The van der Waals surface area contributed by atoms with E-state index in [1.807, 2.05) is 25.7 Å². The van der Waals surface area contributed by atoms with Gasteiger partial charge in [-0.15, -0.1) is 0 Å². The highest BCUT2D eigenvalue weighted by Gasteiger charge is 2.54. The standard InChI is InChI=1S/C27H39N3O6/c1-26(2,3)16-23(31)29-13-11-27(12-14-29)30(25(33)19-7-9-20(34-4)10-8-19)22(18-36-27)24(32)28-17-21-6-5-15-35-21/h7-10,21-22H,5-6,11-18H2,1-4H3,(H,28,32)/t21-,22+/m1/s1. The minimum Gasteiger partial charge on any atom is -0.497 e. The fourth-order valence-corrected chi connectivity index (χ4v) is 5.25. The van der Waals surface area contributed by atoms with Gasteiger partial charge >= 0.3 is 0 Å². The Morgan fingerprint density at radius 2 is 1.83 bits per heavy atom. The van der Waals surface area contributed by atoms with Gasteiger partial charge in [0.15, 0.2) is 0 Å². The van der Waals surface area contributed by atoms with Gasteiger partial charge in [0.2, 0.25) is 11.8 Å². The van der Waals surface area contributed by atoms with Crippen LogP contribution < -0.4 is 10.1 Å². The third-order valence-corrected chi connectivity index (χ3v) is 7.23. The van der Waals surface area contributed by atoms with Crippen LogP contribution in [0.1, 0.15) is 63.2 Å². The van der Waals surface area contributed by atoms with Crippen LogP contribution in [0.5, 0.6) is 5.75 Å². The number of likely N-dealkylation sites (tertiary alicyclic amines) is 1. The highest BCUT2D eigenvalue weighted by atomic mass is 16.5. The van der Waals surface area contributed by atoms with Gasteiger partial charge in [-0.3, -0.25) is 19.3 Å². The number of carbonyl (C=O) groups is 3. The molecular formula is C27H39N3O6. The molecule has 1 aromatic carbocycles. The lowest BCUT2D eigenvalue weighted by molar-refractivity contribution is -0.145. The molecule has 3 aliphatic rings. The summed E-state index contributed by atoms with van der Waals surface area (Å²) in [4.78, 5) is 43.4. The SMILES string of the molecule is COc1ccc(C(=O)N2[C@H](C(=O)NC[C@H]3CCCO3)COC23CCN(C(=O)CC(C)(C)C)CC3)cc1. The summed E-state index contributed by atoms with van der Waals surface area (Å²) in [6.07, 6.45) is 3.29. The van der Waals surface area contributed by atoms with E-state index in [-0.39, 0.29) is 35.8 Å². The fraction of sp³-hybridized carbons (Fsp3) is 0.667. The molecule has 3 fully saturated rings. The van der Waals surface area contributed by atoms with E-state index in [4.69, 9.17) is 14.2 Å². The molecule has 1 spiro atoms. The Kier molecular flexibility index (Phi) is 7.90. The molecule has 9 nitrogen and oxygen atoms in total. The molecule has 0 bridgehead atoms. The molecule has 9 heteroatoms. The molecular weight excluding hydrogens is 462 g/mol. The lowest BCUT2D eigenvalue weighted by atomic mass is 9.90. The Hall–Kier alpha value is -2.65. The van der Waals surface area contributed by atoms with Crippen molar-refractivity contribution in [3.8, 4) is 5.75 Å². The summed E-state index contributed by atoms with van der Waals surface area (Å²) >= 11 is 0. The molecule has 1 aromatic rings. The van der Waals surface area contributed by atoms with Crippen LogP contribution in [-0.4, -0.2) is 85.3 Å². The third-order valence-electron chi connectivity index (χ3n) is 7.23. The smallest absolute Gasteiger partial charge is 0.256 e. The number of nitrogens with zero attached hydrogens (tertiary/aromatic N) is 2. The molecule has 3 heterocycles. The monoisotopic (exact) mass is 501 g/mol. The summed E-state index contributed by atoms with van der Waals surface area (Å²) in [5.74, 6) is 0.252. The molecule has 1 N–H and O–H groups in total. The second-order valence-corrected chi connectivity index (χ2v) is 11.2. The minimum atomic E-state index is -0.929. The van der Waals surface area contributed by atoms with Crippen LogP contribution in [0.4, 0.5) is 0 Å². The molecule has 198 valence electrons. The molecule has 4 rings (SSSR count). The van der Waals surface area contributed by atoms with Crippen LogP contribution in [0.2, 0.25) is 0 Å². The number of amides is 3. The van der Waals surface area contributed by atoms with Crippen molar-refractivity contribution in [1.82, 2.24) is 15.1 Å². The Labute approximate surface area is 213 Å². The van der Waals surface area contributed by atoms with Gasteiger partial charge in [-0.25, -0.2) is 0 Å². The van der Waals surface area contributed by atoms with Crippen molar-refractivity contribution in [2.45, 2.75) is 70.7 Å². The predicted octanol–water partition coefficient (Wildman–Crippen LogP) is 2.59. The average Bonchev–Trinajstić information content (AvgIpc) is 3.50. The van der Waals surface area contributed by atoms with Gasteiger partial charge in [-0.05, 0) is 42.5 Å². The number of benzene rings is 1. The van der Waals surface area contributed by atoms with E-state index < -0.39 is 11.8 Å². The minimum absolute atomic E-state index is 0.00744. The first kappa shape index (κ1) is 26.4. The van der Waals surface area contributed by atoms with Gasteiger partial charge in [0.1, 0.15) is 17.5 Å². The third kappa shape index (κ3) is 5.83. The number of hydrogen-bond acceptors (Lipinski definition) is 6. The lowest BCUT2D eigenvalue weighted by Crippen LogP contribution is -2.60. The number of carbonyl (C=O) groups excluding carboxylic acids is 3. The maximum atomic E-state index is 13.8. The van der Waals surface area contributed by atoms with Gasteiger partial charge in [-0.1, -0.05) is 20.8 Å². The molecule has 0 radical (unpaired) electrons. The Bertz CT molecular complexity index is 943. The average molecular weight is 502 g/mol. The number of rotatable bonds is 6. The normalized spacial score (nSPS) is 23.7. The van der Waals surface area contributed by atoms with E-state index in [9.17, 15) is 14.4 Å². The van der Waals surface area contributed by atoms with Crippen molar-refractivity contribution < 1.29 is 28.6 Å². The summed E-state index contributed by atoms with van der Waals surface area (Å²) in [5.41, 5.74) is -0.566. The van der Waals surface area contributed by atoms with Crippen molar-refractivity contribution in [3.05, 3.63) is 29.8 Å². The van der Waals surface area contributed by atoms with Crippen LogP contribution in [0.15, 0.2) is 24.3 Å². The Morgan fingerprint density at radius 1 is 1.14 bits per heavy atom. The van der Waals surface area contributed by atoms with Crippen LogP contribution in [0.3, 0.4) is 0 Å². The first-order valence-corrected chi connectivity index (χ1v) is 12.9. The summed E-state index contributed by atoms with van der Waals surface area (Å²) in [5, 5.41) is 2.97. The summed E-state index contributed by atoms with van der Waals surface area (Å²) < 4.78 is 17.1. The quantitative estimate of drug-likeness (QED) is 0.644.